The first-order valence-corrected chi connectivity index (χ1v) is 4.49. The summed E-state index contributed by atoms with van der Waals surface area (Å²) in [6, 6.07) is 0. The largest absolute Gasteiger partial charge is 0.469 e. The molecule has 0 saturated carbocycles. The smallest absolute Gasteiger partial charge is 0.306 e. The summed E-state index contributed by atoms with van der Waals surface area (Å²) in [5.41, 5.74) is 1.85. The van der Waals surface area contributed by atoms with Gasteiger partial charge >= 0.3 is 5.97 Å². The van der Waals surface area contributed by atoms with Gasteiger partial charge in [-0.05, 0) is 6.92 Å². The molecule has 0 aromatic carbocycles. The number of aromatic nitrogens is 3. The molecule has 0 aliphatic carbocycles. The molecule has 0 aliphatic rings. The minimum atomic E-state index is -0.220. The number of nitrogens with zero attached hydrogens (tertiary/aromatic N) is 3. The first-order chi connectivity index (χ1) is 6.56. The zero-order chi connectivity index (χ0) is 10.7. The number of hydrogen-bond acceptors (Lipinski definition) is 4. The summed E-state index contributed by atoms with van der Waals surface area (Å²) in [5, 5.41) is 7.89. The maximum absolute atomic E-state index is 11.0. The Morgan fingerprint density at radius 3 is 2.71 bits per heavy atom. The van der Waals surface area contributed by atoms with Crippen molar-refractivity contribution in [3.8, 4) is 0 Å². The summed E-state index contributed by atoms with van der Waals surface area (Å²) in [6.45, 7) is 3.87. The average Bonchev–Trinajstić information content (AvgIpc) is 2.47. The maximum atomic E-state index is 11.0. The minimum Gasteiger partial charge on any atom is -0.469 e. The van der Waals surface area contributed by atoms with Gasteiger partial charge in [-0.15, -0.1) is 5.10 Å². The van der Waals surface area contributed by atoms with Crippen LogP contribution in [-0.4, -0.2) is 28.1 Å². The predicted molar refractivity (Wildman–Crippen MR) is 50.8 cm³/mol. The van der Waals surface area contributed by atoms with Gasteiger partial charge in [-0.3, -0.25) is 9.48 Å². The van der Waals surface area contributed by atoms with Crippen molar-refractivity contribution in [3.05, 3.63) is 11.4 Å². The van der Waals surface area contributed by atoms with Gasteiger partial charge in [-0.25, -0.2) is 0 Å². The lowest BCUT2D eigenvalue weighted by Crippen LogP contribution is -2.07. The summed E-state index contributed by atoms with van der Waals surface area (Å²) < 4.78 is 6.29. The Hall–Kier alpha value is -1.39. The van der Waals surface area contributed by atoms with Crippen LogP contribution in [0.4, 0.5) is 0 Å². The summed E-state index contributed by atoms with van der Waals surface area (Å²) in [7, 11) is 3.22. The van der Waals surface area contributed by atoms with Crippen molar-refractivity contribution < 1.29 is 9.53 Å². The molecule has 5 heteroatoms. The second-order valence-electron chi connectivity index (χ2n) is 3.37. The third-order valence-corrected chi connectivity index (χ3v) is 2.31. The average molecular weight is 197 g/mol. The van der Waals surface area contributed by atoms with Crippen LogP contribution in [0.2, 0.25) is 0 Å². The van der Waals surface area contributed by atoms with Crippen LogP contribution in [0.1, 0.15) is 30.7 Å². The first-order valence-electron chi connectivity index (χ1n) is 4.49. The quantitative estimate of drug-likeness (QED) is 0.672. The highest BCUT2D eigenvalue weighted by Crippen LogP contribution is 2.19. The zero-order valence-electron chi connectivity index (χ0n) is 8.94. The fourth-order valence-corrected chi connectivity index (χ4v) is 1.31. The molecule has 0 fully saturated rings. The Morgan fingerprint density at radius 2 is 2.29 bits per heavy atom. The molecule has 0 saturated heterocycles. The maximum Gasteiger partial charge on any atom is 0.306 e. The number of aryl methyl sites for hydroxylation is 1. The highest BCUT2D eigenvalue weighted by molar-refractivity contribution is 5.70. The molecule has 0 bridgehead atoms. The summed E-state index contributed by atoms with van der Waals surface area (Å²) >= 11 is 0. The topological polar surface area (TPSA) is 57.0 Å². The SMILES string of the molecule is COC(=O)CC(C)c1nnn(C)c1C. The predicted octanol–water partition coefficient (Wildman–Crippen LogP) is 0.790. The Labute approximate surface area is 83.1 Å². The Morgan fingerprint density at radius 1 is 1.64 bits per heavy atom. The van der Waals surface area contributed by atoms with Gasteiger partial charge in [-0.2, -0.15) is 0 Å². The fourth-order valence-electron chi connectivity index (χ4n) is 1.31. The molecule has 0 N–H and O–H groups in total. The van der Waals surface area contributed by atoms with Crippen molar-refractivity contribution >= 4 is 5.97 Å². The van der Waals surface area contributed by atoms with Crippen LogP contribution < -0.4 is 0 Å². The van der Waals surface area contributed by atoms with Crippen LogP contribution in [0.3, 0.4) is 0 Å². The van der Waals surface area contributed by atoms with Crippen LogP contribution >= 0.6 is 0 Å². The van der Waals surface area contributed by atoms with E-state index >= 15 is 0 Å². The third-order valence-electron chi connectivity index (χ3n) is 2.31. The molecular formula is C9H15N3O2. The molecule has 78 valence electrons. The van der Waals surface area contributed by atoms with E-state index in [2.05, 4.69) is 15.0 Å². The van der Waals surface area contributed by atoms with E-state index in [-0.39, 0.29) is 11.9 Å². The number of rotatable bonds is 3. The second kappa shape index (κ2) is 4.21. The van der Waals surface area contributed by atoms with Gasteiger partial charge in [0.25, 0.3) is 0 Å². The Balaban J connectivity index is 2.74. The van der Waals surface area contributed by atoms with Gasteiger partial charge in [0, 0.05) is 13.0 Å². The van der Waals surface area contributed by atoms with E-state index in [1.165, 1.54) is 7.11 Å². The van der Waals surface area contributed by atoms with Crippen LogP contribution in [0.15, 0.2) is 0 Å². The van der Waals surface area contributed by atoms with Gasteiger partial charge in [-0.1, -0.05) is 12.1 Å². The van der Waals surface area contributed by atoms with Crippen LogP contribution in [0.25, 0.3) is 0 Å². The molecule has 1 aromatic heterocycles. The highest BCUT2D eigenvalue weighted by Gasteiger charge is 2.17. The molecule has 14 heavy (non-hydrogen) atoms. The van der Waals surface area contributed by atoms with E-state index in [0.29, 0.717) is 6.42 Å². The third kappa shape index (κ3) is 2.10. The van der Waals surface area contributed by atoms with Gasteiger partial charge in [0.15, 0.2) is 0 Å². The summed E-state index contributed by atoms with van der Waals surface area (Å²) in [5.74, 6) is -0.168. The molecule has 1 aromatic rings. The molecular weight excluding hydrogens is 182 g/mol. The minimum absolute atomic E-state index is 0.0520. The van der Waals surface area contributed by atoms with Crippen molar-refractivity contribution in [1.29, 1.82) is 0 Å². The van der Waals surface area contributed by atoms with E-state index < -0.39 is 0 Å². The fraction of sp³-hybridized carbons (Fsp3) is 0.667. The summed E-state index contributed by atoms with van der Waals surface area (Å²) in [4.78, 5) is 11.0. The van der Waals surface area contributed by atoms with Gasteiger partial charge in [0.05, 0.1) is 24.9 Å². The summed E-state index contributed by atoms with van der Waals surface area (Å²) in [6.07, 6.45) is 0.343. The molecule has 1 unspecified atom stereocenters. The molecule has 1 atom stereocenters. The molecule has 0 aliphatic heterocycles. The van der Waals surface area contributed by atoms with E-state index in [4.69, 9.17) is 0 Å². The standard InChI is InChI=1S/C9H15N3O2/c1-6(5-8(13)14-4)9-7(2)12(3)11-10-9/h6H,5H2,1-4H3. The van der Waals surface area contributed by atoms with Crippen molar-refractivity contribution in [2.75, 3.05) is 7.11 Å². The van der Waals surface area contributed by atoms with Crippen molar-refractivity contribution in [3.63, 3.8) is 0 Å². The lowest BCUT2D eigenvalue weighted by molar-refractivity contribution is -0.141. The monoisotopic (exact) mass is 197 g/mol. The lowest BCUT2D eigenvalue weighted by atomic mass is 10.0. The second-order valence-corrected chi connectivity index (χ2v) is 3.37. The number of methoxy groups -OCH3 is 1. The molecule has 0 spiro atoms. The molecule has 0 amide bonds. The number of esters is 1. The van der Waals surface area contributed by atoms with Crippen LogP contribution in [-0.2, 0) is 16.6 Å². The van der Waals surface area contributed by atoms with Crippen molar-refractivity contribution in [1.82, 2.24) is 15.0 Å². The number of hydrogen-bond donors (Lipinski definition) is 0. The lowest BCUT2D eigenvalue weighted by Gasteiger charge is -2.07. The van der Waals surface area contributed by atoms with E-state index in [0.717, 1.165) is 11.4 Å². The van der Waals surface area contributed by atoms with Crippen molar-refractivity contribution in [2.24, 2.45) is 7.05 Å². The highest BCUT2D eigenvalue weighted by atomic mass is 16.5. The van der Waals surface area contributed by atoms with E-state index in [9.17, 15) is 4.79 Å². The van der Waals surface area contributed by atoms with Crippen molar-refractivity contribution in [2.45, 2.75) is 26.2 Å². The Kier molecular flexibility index (Phi) is 3.22. The van der Waals surface area contributed by atoms with Gasteiger partial charge in [0.1, 0.15) is 0 Å². The zero-order valence-corrected chi connectivity index (χ0v) is 8.94. The normalized spacial score (nSPS) is 12.6. The van der Waals surface area contributed by atoms with Crippen LogP contribution in [0.5, 0.6) is 0 Å². The van der Waals surface area contributed by atoms with Gasteiger partial charge < -0.3 is 4.74 Å². The molecule has 1 heterocycles. The first kappa shape index (κ1) is 10.7. The number of ether oxygens (including phenoxy) is 1. The molecule has 0 radical (unpaired) electrons. The molecule has 5 nitrogen and oxygen atoms in total. The van der Waals surface area contributed by atoms with Crippen LogP contribution in [0, 0.1) is 6.92 Å². The van der Waals surface area contributed by atoms with E-state index in [1.54, 1.807) is 4.68 Å². The number of carbonyl (C=O) groups is 1. The van der Waals surface area contributed by atoms with E-state index in [1.807, 2.05) is 20.9 Å². The molecule has 1 rings (SSSR count). The van der Waals surface area contributed by atoms with Gasteiger partial charge in [0.2, 0.25) is 0 Å². The number of carbonyl (C=O) groups excluding carboxylic acids is 1. The Bertz CT molecular complexity index is 333.